The second kappa shape index (κ2) is 15.3. The molecule has 0 aliphatic heterocycles. The normalized spacial score (nSPS) is 10.6. The van der Waals surface area contributed by atoms with Crippen LogP contribution in [0.1, 0.15) is 90.4 Å². The molecular formula is C16H34N2O. The van der Waals surface area contributed by atoms with Crippen molar-refractivity contribution in [2.24, 2.45) is 5.73 Å². The minimum Gasteiger partial charge on any atom is -0.352 e. The van der Waals surface area contributed by atoms with Crippen molar-refractivity contribution in [3.8, 4) is 0 Å². The molecule has 0 aromatic rings. The molecule has 0 aliphatic rings. The molecule has 0 fully saturated rings. The summed E-state index contributed by atoms with van der Waals surface area (Å²) in [5, 5.41) is 2.62. The van der Waals surface area contributed by atoms with Crippen molar-refractivity contribution in [2.45, 2.75) is 90.4 Å². The van der Waals surface area contributed by atoms with Crippen LogP contribution in [0.4, 0.5) is 4.79 Å². The molecule has 2 amide bonds. The maximum absolute atomic E-state index is 10.4. The summed E-state index contributed by atoms with van der Waals surface area (Å²) >= 11 is 0. The zero-order valence-electron chi connectivity index (χ0n) is 12.9. The average molecular weight is 270 g/mol. The molecule has 0 radical (unpaired) electrons. The van der Waals surface area contributed by atoms with E-state index in [1.165, 1.54) is 77.0 Å². The van der Waals surface area contributed by atoms with Crippen molar-refractivity contribution in [1.82, 2.24) is 5.32 Å². The molecular weight excluding hydrogens is 236 g/mol. The third-order valence-corrected chi connectivity index (χ3v) is 3.58. The van der Waals surface area contributed by atoms with Gasteiger partial charge in [-0.05, 0) is 6.42 Å². The van der Waals surface area contributed by atoms with E-state index in [0.29, 0.717) is 0 Å². The number of hydrogen-bond acceptors (Lipinski definition) is 1. The summed E-state index contributed by atoms with van der Waals surface area (Å²) in [4.78, 5) is 10.4. The Morgan fingerprint density at radius 3 is 1.47 bits per heavy atom. The number of rotatable bonds is 14. The lowest BCUT2D eigenvalue weighted by atomic mass is 10.0. The van der Waals surface area contributed by atoms with Crippen LogP contribution in [0.3, 0.4) is 0 Å². The summed E-state index contributed by atoms with van der Waals surface area (Å²) in [6.07, 6.45) is 17.5. The fourth-order valence-corrected chi connectivity index (χ4v) is 2.35. The summed E-state index contributed by atoms with van der Waals surface area (Å²) in [5.41, 5.74) is 4.99. The number of amides is 2. The number of nitrogens with one attached hydrogen (secondary N) is 1. The van der Waals surface area contributed by atoms with E-state index in [0.717, 1.165) is 13.0 Å². The van der Waals surface area contributed by atoms with Gasteiger partial charge in [-0.1, -0.05) is 84.0 Å². The second-order valence-corrected chi connectivity index (χ2v) is 5.53. The second-order valence-electron chi connectivity index (χ2n) is 5.53. The summed E-state index contributed by atoms with van der Waals surface area (Å²) in [6, 6.07) is -0.404. The highest BCUT2D eigenvalue weighted by Gasteiger charge is 1.94. The fraction of sp³-hybridized carbons (Fsp3) is 0.938. The van der Waals surface area contributed by atoms with Crippen molar-refractivity contribution >= 4 is 6.03 Å². The SMILES string of the molecule is CCCCCCCCCCCCCCCNC(N)=O. The van der Waals surface area contributed by atoms with Gasteiger partial charge in [-0.3, -0.25) is 0 Å². The molecule has 0 rings (SSSR count). The van der Waals surface area contributed by atoms with Gasteiger partial charge >= 0.3 is 6.03 Å². The highest BCUT2D eigenvalue weighted by Crippen LogP contribution is 2.12. The Morgan fingerprint density at radius 1 is 0.737 bits per heavy atom. The number of primary amides is 1. The van der Waals surface area contributed by atoms with Crippen LogP contribution in [0.2, 0.25) is 0 Å². The summed E-state index contributed by atoms with van der Waals surface area (Å²) in [6.45, 7) is 3.00. The van der Waals surface area contributed by atoms with Crippen LogP contribution < -0.4 is 11.1 Å². The van der Waals surface area contributed by atoms with Crippen LogP contribution >= 0.6 is 0 Å². The Hall–Kier alpha value is -0.730. The molecule has 0 spiro atoms. The molecule has 0 saturated heterocycles. The molecule has 3 heteroatoms. The molecule has 0 aromatic carbocycles. The van der Waals surface area contributed by atoms with Crippen LogP contribution in [-0.4, -0.2) is 12.6 Å². The standard InChI is InChI=1S/C16H34N2O/c1-2-3-4-5-6-7-8-9-10-11-12-13-14-15-18-16(17)19/h2-15H2,1H3,(H3,17,18,19). The molecule has 0 atom stereocenters. The molecule has 0 bridgehead atoms. The monoisotopic (exact) mass is 270 g/mol. The highest BCUT2D eigenvalue weighted by atomic mass is 16.2. The van der Waals surface area contributed by atoms with E-state index in [1.807, 2.05) is 0 Å². The average Bonchev–Trinajstić information content (AvgIpc) is 2.39. The van der Waals surface area contributed by atoms with E-state index in [9.17, 15) is 4.79 Å². The van der Waals surface area contributed by atoms with Crippen LogP contribution in [0, 0.1) is 0 Å². The first-order valence-electron chi connectivity index (χ1n) is 8.30. The smallest absolute Gasteiger partial charge is 0.312 e. The van der Waals surface area contributed by atoms with Gasteiger partial charge in [0.1, 0.15) is 0 Å². The van der Waals surface area contributed by atoms with Gasteiger partial charge in [0.05, 0.1) is 0 Å². The first-order chi connectivity index (χ1) is 9.27. The van der Waals surface area contributed by atoms with E-state index in [1.54, 1.807) is 0 Å². The Balaban J connectivity index is 2.93. The van der Waals surface area contributed by atoms with Gasteiger partial charge in [-0.25, -0.2) is 4.79 Å². The number of carbonyl (C=O) groups excluding carboxylic acids is 1. The lowest BCUT2D eigenvalue weighted by molar-refractivity contribution is 0.248. The Bertz CT molecular complexity index is 195. The van der Waals surface area contributed by atoms with Crippen molar-refractivity contribution < 1.29 is 4.79 Å². The predicted molar refractivity (Wildman–Crippen MR) is 83.3 cm³/mol. The number of carbonyl (C=O) groups is 1. The molecule has 0 saturated carbocycles. The van der Waals surface area contributed by atoms with Crippen LogP contribution in [0.15, 0.2) is 0 Å². The lowest BCUT2D eigenvalue weighted by Gasteiger charge is -2.03. The van der Waals surface area contributed by atoms with E-state index >= 15 is 0 Å². The molecule has 0 heterocycles. The number of urea groups is 1. The van der Waals surface area contributed by atoms with Crippen LogP contribution in [0.25, 0.3) is 0 Å². The topological polar surface area (TPSA) is 55.1 Å². The van der Waals surface area contributed by atoms with E-state index in [-0.39, 0.29) is 0 Å². The van der Waals surface area contributed by atoms with Gasteiger partial charge in [0.2, 0.25) is 0 Å². The summed E-state index contributed by atoms with van der Waals surface area (Å²) in [7, 11) is 0. The number of hydrogen-bond donors (Lipinski definition) is 2. The van der Waals surface area contributed by atoms with Crippen molar-refractivity contribution in [1.29, 1.82) is 0 Å². The predicted octanol–water partition coefficient (Wildman–Crippen LogP) is 4.75. The van der Waals surface area contributed by atoms with Gasteiger partial charge in [0.25, 0.3) is 0 Å². The van der Waals surface area contributed by atoms with Crippen LogP contribution in [0.5, 0.6) is 0 Å². The summed E-state index contributed by atoms with van der Waals surface area (Å²) in [5.74, 6) is 0. The van der Waals surface area contributed by atoms with Gasteiger partial charge < -0.3 is 11.1 Å². The first kappa shape index (κ1) is 18.3. The van der Waals surface area contributed by atoms with Gasteiger partial charge in [0, 0.05) is 6.54 Å². The molecule has 0 aromatic heterocycles. The van der Waals surface area contributed by atoms with Gasteiger partial charge in [-0.15, -0.1) is 0 Å². The molecule has 0 unspecified atom stereocenters. The minimum atomic E-state index is -0.404. The Kier molecular flexibility index (Phi) is 14.7. The summed E-state index contributed by atoms with van der Waals surface area (Å²) < 4.78 is 0. The van der Waals surface area contributed by atoms with E-state index in [4.69, 9.17) is 5.73 Å². The largest absolute Gasteiger partial charge is 0.352 e. The highest BCUT2D eigenvalue weighted by molar-refractivity contribution is 5.71. The van der Waals surface area contributed by atoms with Gasteiger partial charge in [0.15, 0.2) is 0 Å². The maximum Gasteiger partial charge on any atom is 0.312 e. The van der Waals surface area contributed by atoms with E-state index in [2.05, 4.69) is 12.2 Å². The maximum atomic E-state index is 10.4. The van der Waals surface area contributed by atoms with E-state index < -0.39 is 6.03 Å². The molecule has 114 valence electrons. The minimum absolute atomic E-state index is 0.404. The lowest BCUT2D eigenvalue weighted by Crippen LogP contribution is -2.29. The van der Waals surface area contributed by atoms with Crippen LogP contribution in [-0.2, 0) is 0 Å². The zero-order chi connectivity index (χ0) is 14.2. The number of unbranched alkanes of at least 4 members (excludes halogenated alkanes) is 12. The zero-order valence-corrected chi connectivity index (χ0v) is 12.9. The van der Waals surface area contributed by atoms with Crippen molar-refractivity contribution in [3.05, 3.63) is 0 Å². The third kappa shape index (κ3) is 17.3. The quantitative estimate of drug-likeness (QED) is 0.440. The Labute approximate surface area is 119 Å². The first-order valence-corrected chi connectivity index (χ1v) is 8.30. The molecule has 0 aliphatic carbocycles. The Morgan fingerprint density at radius 2 is 1.11 bits per heavy atom. The fourth-order valence-electron chi connectivity index (χ4n) is 2.35. The molecule has 3 nitrogen and oxygen atoms in total. The third-order valence-electron chi connectivity index (χ3n) is 3.58. The van der Waals surface area contributed by atoms with Gasteiger partial charge in [-0.2, -0.15) is 0 Å². The number of nitrogens with two attached hydrogens (primary N) is 1. The molecule has 3 N–H and O–H groups in total. The van der Waals surface area contributed by atoms with Crippen molar-refractivity contribution in [3.63, 3.8) is 0 Å². The molecule has 19 heavy (non-hydrogen) atoms. The van der Waals surface area contributed by atoms with Crippen molar-refractivity contribution in [2.75, 3.05) is 6.54 Å².